The van der Waals surface area contributed by atoms with Gasteiger partial charge in [-0.25, -0.2) is 4.79 Å². The van der Waals surface area contributed by atoms with Gasteiger partial charge in [0.05, 0.1) is 5.56 Å². The van der Waals surface area contributed by atoms with E-state index in [0.29, 0.717) is 21.4 Å². The summed E-state index contributed by atoms with van der Waals surface area (Å²) in [6.45, 7) is 0. The number of aromatic amines is 2. The van der Waals surface area contributed by atoms with Crippen molar-refractivity contribution in [3.05, 3.63) is 90.0 Å². The maximum Gasteiger partial charge on any atom is 0.327 e. The van der Waals surface area contributed by atoms with Gasteiger partial charge >= 0.3 is 5.69 Å². The third-order valence-electron chi connectivity index (χ3n) is 4.06. The van der Waals surface area contributed by atoms with E-state index < -0.39 is 11.2 Å². The van der Waals surface area contributed by atoms with Crippen LogP contribution in [0.3, 0.4) is 0 Å². The van der Waals surface area contributed by atoms with Gasteiger partial charge in [0.25, 0.3) is 5.56 Å². The molecule has 2 heterocycles. The first-order valence-electron chi connectivity index (χ1n) is 7.21. The Morgan fingerprint density at radius 1 is 0.875 bits per heavy atom. The van der Waals surface area contributed by atoms with E-state index in [0.717, 1.165) is 16.8 Å². The third kappa shape index (κ3) is 2.42. The van der Waals surface area contributed by atoms with Gasteiger partial charge in [0.2, 0.25) is 0 Å². The van der Waals surface area contributed by atoms with Crippen molar-refractivity contribution in [1.29, 1.82) is 0 Å². The normalized spacial score (nSPS) is 15.3. The lowest BCUT2D eigenvalue weighted by Crippen LogP contribution is -2.31. The lowest BCUT2D eigenvalue weighted by molar-refractivity contribution is 0.887. The smallest absolute Gasteiger partial charge is 0.327 e. The lowest BCUT2D eigenvalue weighted by Gasteiger charge is -2.28. The Morgan fingerprint density at radius 3 is 2.33 bits per heavy atom. The highest BCUT2D eigenvalue weighted by atomic mass is 35.5. The number of rotatable bonds is 1. The predicted octanol–water partition coefficient (Wildman–Crippen LogP) is 3.61. The van der Waals surface area contributed by atoms with Crippen LogP contribution in [0.5, 0.6) is 0 Å². The molecule has 1 aliphatic heterocycles. The quantitative estimate of drug-likeness (QED) is 0.485. The van der Waals surface area contributed by atoms with E-state index in [9.17, 15) is 9.59 Å². The number of benzene rings is 2. The number of hydrogen-bond donors (Lipinski definition) is 3. The molecule has 4 rings (SSSR count). The van der Waals surface area contributed by atoms with Crippen LogP contribution in [0.15, 0.2) is 52.1 Å². The molecule has 2 aromatic carbocycles. The van der Waals surface area contributed by atoms with Gasteiger partial charge in [-0.05, 0) is 41.5 Å². The molecular weight excluding hydrogens is 349 g/mol. The topological polar surface area (TPSA) is 77.8 Å². The number of halogens is 2. The molecule has 1 atom stereocenters. The van der Waals surface area contributed by atoms with Crippen LogP contribution in [0.1, 0.15) is 22.6 Å². The zero-order valence-electron chi connectivity index (χ0n) is 12.2. The first kappa shape index (κ1) is 15.1. The Balaban J connectivity index is 2.04. The van der Waals surface area contributed by atoms with Crippen LogP contribution < -0.4 is 16.6 Å². The summed E-state index contributed by atoms with van der Waals surface area (Å²) < 4.78 is 0. The van der Waals surface area contributed by atoms with Crippen LogP contribution in [0.2, 0.25) is 10.0 Å². The summed E-state index contributed by atoms with van der Waals surface area (Å²) in [5.41, 5.74) is 1.96. The predicted molar refractivity (Wildman–Crippen MR) is 94.8 cm³/mol. The van der Waals surface area contributed by atoms with Crippen LogP contribution >= 0.6 is 23.2 Å². The van der Waals surface area contributed by atoms with Gasteiger partial charge in [0.15, 0.2) is 0 Å². The second-order valence-corrected chi connectivity index (χ2v) is 6.41. The fraction of sp³-hybridized carbons (Fsp3) is 0.0588. The van der Waals surface area contributed by atoms with Gasteiger partial charge in [-0.1, -0.05) is 35.3 Å². The minimum Gasteiger partial charge on any atom is -0.341 e. The number of anilines is 2. The molecule has 0 fully saturated rings. The zero-order valence-corrected chi connectivity index (χ0v) is 13.7. The van der Waals surface area contributed by atoms with Crippen LogP contribution in [-0.2, 0) is 0 Å². The number of fused-ring (bicyclic) bond motifs is 2. The Labute approximate surface area is 146 Å². The molecule has 1 unspecified atom stereocenters. The van der Waals surface area contributed by atoms with E-state index in [1.807, 2.05) is 24.3 Å². The molecule has 3 N–H and O–H groups in total. The van der Waals surface area contributed by atoms with Crippen molar-refractivity contribution < 1.29 is 0 Å². The molecule has 0 radical (unpaired) electrons. The minimum absolute atomic E-state index is 0.368. The molecule has 0 saturated carbocycles. The Kier molecular flexibility index (Phi) is 3.48. The summed E-state index contributed by atoms with van der Waals surface area (Å²) in [6.07, 6.45) is 0. The van der Waals surface area contributed by atoms with Crippen LogP contribution in [0.25, 0.3) is 0 Å². The third-order valence-corrected chi connectivity index (χ3v) is 4.54. The molecule has 7 heteroatoms. The summed E-state index contributed by atoms with van der Waals surface area (Å²) >= 11 is 12.1. The molecule has 0 spiro atoms. The highest BCUT2D eigenvalue weighted by molar-refractivity contribution is 6.31. The summed E-state index contributed by atoms with van der Waals surface area (Å²) in [5.74, 6) is 0.0198. The van der Waals surface area contributed by atoms with Gasteiger partial charge in [-0.15, -0.1) is 0 Å². The Bertz CT molecular complexity index is 1050. The van der Waals surface area contributed by atoms with Crippen molar-refractivity contribution in [2.45, 2.75) is 5.92 Å². The number of aromatic nitrogens is 2. The zero-order chi connectivity index (χ0) is 16.8. The van der Waals surface area contributed by atoms with E-state index in [2.05, 4.69) is 15.3 Å². The summed E-state index contributed by atoms with van der Waals surface area (Å²) in [4.78, 5) is 29.0. The highest BCUT2D eigenvalue weighted by Gasteiger charge is 2.30. The number of hydrogen-bond acceptors (Lipinski definition) is 3. The average Bonchev–Trinajstić information content (AvgIpc) is 2.54. The highest BCUT2D eigenvalue weighted by Crippen LogP contribution is 2.43. The van der Waals surface area contributed by atoms with Crippen molar-refractivity contribution in [3.63, 3.8) is 0 Å². The van der Waals surface area contributed by atoms with Crippen LogP contribution in [0, 0.1) is 0 Å². The fourth-order valence-electron chi connectivity index (χ4n) is 3.05. The lowest BCUT2D eigenvalue weighted by atomic mass is 9.83. The van der Waals surface area contributed by atoms with E-state index in [-0.39, 0.29) is 5.92 Å². The summed E-state index contributed by atoms with van der Waals surface area (Å²) in [5, 5.41) is 4.27. The van der Waals surface area contributed by atoms with Gasteiger partial charge in [-0.2, -0.15) is 0 Å². The van der Waals surface area contributed by atoms with E-state index in [1.54, 1.807) is 18.2 Å². The van der Waals surface area contributed by atoms with Crippen LogP contribution in [0.4, 0.5) is 11.5 Å². The van der Waals surface area contributed by atoms with Crippen molar-refractivity contribution in [2.24, 2.45) is 0 Å². The first-order valence-corrected chi connectivity index (χ1v) is 7.97. The number of nitrogens with one attached hydrogen (secondary N) is 3. The molecule has 0 saturated heterocycles. The maximum absolute atomic E-state index is 12.5. The SMILES string of the molecule is O=c1[nH]c2c(c(=O)[nH]1)C(c1ccc(Cl)cc1)c1cc(Cl)ccc1N2. The van der Waals surface area contributed by atoms with E-state index >= 15 is 0 Å². The molecule has 5 nitrogen and oxygen atoms in total. The second-order valence-electron chi connectivity index (χ2n) is 5.54. The van der Waals surface area contributed by atoms with E-state index in [4.69, 9.17) is 23.2 Å². The standard InChI is InChI=1S/C17H11Cl2N3O2/c18-9-3-1-8(2-4-9)13-11-7-10(19)5-6-12(11)20-15-14(13)16(23)22-17(24)21-15/h1-7,13H,(H3,20,21,22,23,24). The molecule has 3 aromatic rings. The van der Waals surface area contributed by atoms with Crippen molar-refractivity contribution in [1.82, 2.24) is 9.97 Å². The molecule has 0 aliphatic carbocycles. The second kappa shape index (κ2) is 5.54. The van der Waals surface area contributed by atoms with Gasteiger partial charge in [-0.3, -0.25) is 14.8 Å². The summed E-state index contributed by atoms with van der Waals surface area (Å²) in [7, 11) is 0. The fourth-order valence-corrected chi connectivity index (χ4v) is 3.35. The maximum atomic E-state index is 12.5. The van der Waals surface area contributed by atoms with Gasteiger partial charge in [0, 0.05) is 21.7 Å². The molecule has 24 heavy (non-hydrogen) atoms. The van der Waals surface area contributed by atoms with E-state index in [1.165, 1.54) is 0 Å². The van der Waals surface area contributed by atoms with Crippen molar-refractivity contribution >= 4 is 34.7 Å². The molecule has 1 aromatic heterocycles. The first-order chi connectivity index (χ1) is 11.5. The summed E-state index contributed by atoms with van der Waals surface area (Å²) in [6, 6.07) is 12.6. The average molecular weight is 360 g/mol. The molecule has 120 valence electrons. The molecular formula is C17H11Cl2N3O2. The number of H-pyrrole nitrogens is 2. The molecule has 0 amide bonds. The molecule has 0 bridgehead atoms. The molecule has 1 aliphatic rings. The van der Waals surface area contributed by atoms with Gasteiger partial charge in [0.1, 0.15) is 5.82 Å². The Hall–Kier alpha value is -2.50. The Morgan fingerprint density at radius 2 is 1.58 bits per heavy atom. The van der Waals surface area contributed by atoms with Gasteiger partial charge < -0.3 is 5.32 Å². The van der Waals surface area contributed by atoms with Crippen molar-refractivity contribution in [2.75, 3.05) is 5.32 Å². The van der Waals surface area contributed by atoms with Crippen molar-refractivity contribution in [3.8, 4) is 0 Å². The van der Waals surface area contributed by atoms with Crippen LogP contribution in [-0.4, -0.2) is 9.97 Å². The largest absolute Gasteiger partial charge is 0.341 e. The minimum atomic E-state index is -0.557. The monoisotopic (exact) mass is 359 g/mol.